The second-order valence-electron chi connectivity index (χ2n) is 4.95. The largest absolute Gasteiger partial charge is 0.477 e. The molecule has 104 valence electrons. The van der Waals surface area contributed by atoms with Crippen molar-refractivity contribution < 1.29 is 14.6 Å². The molecule has 0 aliphatic carbocycles. The molecule has 4 nitrogen and oxygen atoms in total. The SMILES string of the molecule is Cc1cc(C)cc(Oc2cc(C)nc(C)c2C(=O)O)c1. The van der Waals surface area contributed by atoms with Gasteiger partial charge in [-0.05, 0) is 51.0 Å². The fourth-order valence-electron chi connectivity index (χ4n) is 2.25. The van der Waals surface area contributed by atoms with Gasteiger partial charge in [0, 0.05) is 11.8 Å². The van der Waals surface area contributed by atoms with E-state index in [1.165, 1.54) is 0 Å². The van der Waals surface area contributed by atoms with Crippen LogP contribution < -0.4 is 4.74 Å². The highest BCUT2D eigenvalue weighted by Gasteiger charge is 2.17. The van der Waals surface area contributed by atoms with E-state index in [4.69, 9.17) is 4.74 Å². The normalized spacial score (nSPS) is 10.4. The molecular formula is C16H17NO3. The van der Waals surface area contributed by atoms with Gasteiger partial charge < -0.3 is 9.84 Å². The highest BCUT2D eigenvalue weighted by molar-refractivity contribution is 5.92. The van der Waals surface area contributed by atoms with Gasteiger partial charge in [-0.3, -0.25) is 4.98 Å². The lowest BCUT2D eigenvalue weighted by atomic mass is 10.1. The van der Waals surface area contributed by atoms with Gasteiger partial charge in [0.15, 0.2) is 0 Å². The predicted molar refractivity (Wildman–Crippen MR) is 76.7 cm³/mol. The number of benzene rings is 1. The summed E-state index contributed by atoms with van der Waals surface area (Å²) < 4.78 is 5.77. The molecule has 1 aromatic carbocycles. The molecular weight excluding hydrogens is 254 g/mol. The molecule has 1 heterocycles. The van der Waals surface area contributed by atoms with E-state index in [-0.39, 0.29) is 5.56 Å². The van der Waals surface area contributed by atoms with Crippen LogP contribution in [0.25, 0.3) is 0 Å². The maximum absolute atomic E-state index is 11.4. The summed E-state index contributed by atoms with van der Waals surface area (Å²) in [5.41, 5.74) is 3.43. The summed E-state index contributed by atoms with van der Waals surface area (Å²) in [6, 6.07) is 7.44. The van der Waals surface area contributed by atoms with Gasteiger partial charge in [-0.2, -0.15) is 0 Å². The second kappa shape index (κ2) is 5.33. The van der Waals surface area contributed by atoms with E-state index in [1.807, 2.05) is 39.0 Å². The summed E-state index contributed by atoms with van der Waals surface area (Å²) >= 11 is 0. The number of hydrogen-bond donors (Lipinski definition) is 1. The molecule has 4 heteroatoms. The van der Waals surface area contributed by atoms with Crippen molar-refractivity contribution in [2.45, 2.75) is 27.7 Å². The minimum absolute atomic E-state index is 0.106. The lowest BCUT2D eigenvalue weighted by Gasteiger charge is -2.12. The highest BCUT2D eigenvalue weighted by Crippen LogP contribution is 2.29. The zero-order chi connectivity index (χ0) is 14.9. The van der Waals surface area contributed by atoms with Gasteiger partial charge in [-0.25, -0.2) is 4.79 Å². The fraction of sp³-hybridized carbons (Fsp3) is 0.250. The number of carboxylic acids is 1. The average molecular weight is 271 g/mol. The number of aromatic carboxylic acids is 1. The van der Waals surface area contributed by atoms with Crippen LogP contribution in [0.4, 0.5) is 0 Å². The van der Waals surface area contributed by atoms with Gasteiger partial charge >= 0.3 is 5.97 Å². The Bertz CT molecular complexity index is 657. The monoisotopic (exact) mass is 271 g/mol. The summed E-state index contributed by atoms with van der Waals surface area (Å²) in [5.74, 6) is -0.0723. The van der Waals surface area contributed by atoms with E-state index in [9.17, 15) is 9.90 Å². The molecule has 0 fully saturated rings. The smallest absolute Gasteiger partial charge is 0.341 e. The van der Waals surface area contributed by atoms with E-state index in [1.54, 1.807) is 13.0 Å². The van der Waals surface area contributed by atoms with Crippen LogP contribution in [-0.2, 0) is 0 Å². The van der Waals surface area contributed by atoms with Gasteiger partial charge in [-0.15, -0.1) is 0 Å². The minimum Gasteiger partial charge on any atom is -0.477 e. The maximum Gasteiger partial charge on any atom is 0.341 e. The topological polar surface area (TPSA) is 59.4 Å². The number of hydrogen-bond acceptors (Lipinski definition) is 3. The molecule has 1 aromatic heterocycles. The summed E-state index contributed by atoms with van der Waals surface area (Å²) in [5, 5.41) is 9.30. The quantitative estimate of drug-likeness (QED) is 0.922. The first-order chi connectivity index (χ1) is 9.36. The first-order valence-electron chi connectivity index (χ1n) is 6.34. The number of rotatable bonds is 3. The van der Waals surface area contributed by atoms with Crippen LogP contribution >= 0.6 is 0 Å². The van der Waals surface area contributed by atoms with Crippen molar-refractivity contribution in [2.24, 2.45) is 0 Å². The zero-order valence-electron chi connectivity index (χ0n) is 12.0. The third-order valence-electron chi connectivity index (χ3n) is 2.93. The number of ether oxygens (including phenoxy) is 1. The van der Waals surface area contributed by atoms with Crippen LogP contribution in [-0.4, -0.2) is 16.1 Å². The molecule has 0 aliphatic rings. The third-order valence-corrected chi connectivity index (χ3v) is 2.93. The Kier molecular flexibility index (Phi) is 3.74. The van der Waals surface area contributed by atoms with Gasteiger partial charge in [0.2, 0.25) is 0 Å². The molecule has 0 atom stereocenters. The summed E-state index contributed by atoms with van der Waals surface area (Å²) in [6.07, 6.45) is 0. The van der Waals surface area contributed by atoms with Crippen LogP contribution in [0.15, 0.2) is 24.3 Å². The summed E-state index contributed by atoms with van der Waals surface area (Å²) in [7, 11) is 0. The Morgan fingerprint density at radius 2 is 1.65 bits per heavy atom. The van der Waals surface area contributed by atoms with Gasteiger partial charge in [0.1, 0.15) is 17.1 Å². The van der Waals surface area contributed by atoms with E-state index >= 15 is 0 Å². The predicted octanol–water partition coefficient (Wildman–Crippen LogP) is 3.81. The minimum atomic E-state index is -1.03. The molecule has 20 heavy (non-hydrogen) atoms. The zero-order valence-corrected chi connectivity index (χ0v) is 12.0. The van der Waals surface area contributed by atoms with Crippen molar-refractivity contribution >= 4 is 5.97 Å². The molecule has 0 unspecified atom stereocenters. The molecule has 2 rings (SSSR count). The molecule has 0 saturated carbocycles. The lowest BCUT2D eigenvalue weighted by Crippen LogP contribution is -2.06. The number of pyridine rings is 1. The first-order valence-corrected chi connectivity index (χ1v) is 6.34. The Labute approximate surface area is 118 Å². The average Bonchev–Trinajstić information content (AvgIpc) is 2.25. The van der Waals surface area contributed by atoms with Crippen LogP contribution in [0.1, 0.15) is 32.9 Å². The van der Waals surface area contributed by atoms with Crippen molar-refractivity contribution in [1.29, 1.82) is 0 Å². The van der Waals surface area contributed by atoms with E-state index < -0.39 is 5.97 Å². The molecule has 2 aromatic rings. The van der Waals surface area contributed by atoms with E-state index in [0.29, 0.717) is 17.2 Å². The Morgan fingerprint density at radius 1 is 1.05 bits per heavy atom. The number of carboxylic acid groups (broad SMARTS) is 1. The number of nitrogens with zero attached hydrogens (tertiary/aromatic N) is 1. The second-order valence-corrected chi connectivity index (χ2v) is 4.95. The molecule has 0 amide bonds. The molecule has 0 saturated heterocycles. The van der Waals surface area contributed by atoms with Crippen molar-refractivity contribution in [3.8, 4) is 11.5 Å². The molecule has 0 bridgehead atoms. The van der Waals surface area contributed by atoms with Crippen LogP contribution in [0.5, 0.6) is 11.5 Å². The molecule has 0 spiro atoms. The first kappa shape index (κ1) is 14.1. The summed E-state index contributed by atoms with van der Waals surface area (Å²) in [6.45, 7) is 7.43. The van der Waals surface area contributed by atoms with Gasteiger partial charge in [0.05, 0.1) is 5.69 Å². The van der Waals surface area contributed by atoms with Crippen molar-refractivity contribution in [2.75, 3.05) is 0 Å². The summed E-state index contributed by atoms with van der Waals surface area (Å²) in [4.78, 5) is 15.5. The van der Waals surface area contributed by atoms with Crippen LogP contribution in [0.2, 0.25) is 0 Å². The Morgan fingerprint density at radius 3 is 2.20 bits per heavy atom. The van der Waals surface area contributed by atoms with Crippen LogP contribution in [0, 0.1) is 27.7 Å². The fourth-order valence-corrected chi connectivity index (χ4v) is 2.25. The van der Waals surface area contributed by atoms with E-state index in [0.717, 1.165) is 16.8 Å². The van der Waals surface area contributed by atoms with Crippen LogP contribution in [0.3, 0.4) is 0 Å². The van der Waals surface area contributed by atoms with Crippen molar-refractivity contribution in [1.82, 2.24) is 4.98 Å². The van der Waals surface area contributed by atoms with E-state index in [2.05, 4.69) is 4.98 Å². The Balaban J connectivity index is 2.49. The molecule has 1 N–H and O–H groups in total. The third kappa shape index (κ3) is 2.96. The highest BCUT2D eigenvalue weighted by atomic mass is 16.5. The molecule has 0 radical (unpaired) electrons. The van der Waals surface area contributed by atoms with Gasteiger partial charge in [-0.1, -0.05) is 6.07 Å². The van der Waals surface area contributed by atoms with Crippen molar-refractivity contribution in [3.63, 3.8) is 0 Å². The lowest BCUT2D eigenvalue weighted by molar-refractivity contribution is 0.0693. The standard InChI is InChI=1S/C16H17NO3/c1-9-5-10(2)7-13(6-9)20-14-8-11(3)17-12(4)15(14)16(18)19/h5-8H,1-4H3,(H,18,19). The number of aryl methyl sites for hydroxylation is 4. The Hall–Kier alpha value is -2.36. The molecule has 0 aliphatic heterocycles. The number of aromatic nitrogens is 1. The number of carbonyl (C=O) groups is 1. The maximum atomic E-state index is 11.4. The van der Waals surface area contributed by atoms with Gasteiger partial charge in [0.25, 0.3) is 0 Å². The van der Waals surface area contributed by atoms with Crippen molar-refractivity contribution in [3.05, 3.63) is 52.3 Å².